The average Bonchev–Trinajstić information content (AvgIpc) is 2.53. The van der Waals surface area contributed by atoms with Gasteiger partial charge in [-0.2, -0.15) is 0 Å². The highest BCUT2D eigenvalue weighted by Crippen LogP contribution is 2.34. The lowest BCUT2D eigenvalue weighted by atomic mass is 9.99. The molecule has 112 valence electrons. The van der Waals surface area contributed by atoms with E-state index in [1.807, 2.05) is 0 Å². The fourth-order valence-corrected chi connectivity index (χ4v) is 2.15. The van der Waals surface area contributed by atoms with Crippen LogP contribution >= 0.6 is 0 Å². The number of rotatable bonds is 5. The first-order chi connectivity index (χ1) is 10.1. The Morgan fingerprint density at radius 2 is 1.62 bits per heavy atom. The van der Waals surface area contributed by atoms with Crippen molar-refractivity contribution in [2.45, 2.75) is 6.10 Å². The van der Waals surface area contributed by atoms with Crippen LogP contribution in [-0.2, 0) is 0 Å². The number of methoxy groups -OCH3 is 3. The first-order valence-corrected chi connectivity index (χ1v) is 6.44. The number of benzene rings is 2. The summed E-state index contributed by atoms with van der Waals surface area (Å²) in [6.07, 6.45) is -0.848. The molecule has 0 aliphatic carbocycles. The Kier molecular flexibility index (Phi) is 4.55. The smallest absolute Gasteiger partial charge is 0.141 e. The number of hydrogen-bond donors (Lipinski definition) is 2. The van der Waals surface area contributed by atoms with Gasteiger partial charge in [0.15, 0.2) is 0 Å². The summed E-state index contributed by atoms with van der Waals surface area (Å²) in [6.45, 7) is 0. The van der Waals surface area contributed by atoms with E-state index >= 15 is 0 Å². The van der Waals surface area contributed by atoms with Crippen LogP contribution < -0.4 is 19.9 Å². The van der Waals surface area contributed by atoms with Crippen LogP contribution in [0, 0.1) is 0 Å². The van der Waals surface area contributed by atoms with E-state index in [2.05, 4.69) is 0 Å². The molecule has 3 N–H and O–H groups in total. The van der Waals surface area contributed by atoms with Crippen LogP contribution in [0.3, 0.4) is 0 Å². The molecule has 0 radical (unpaired) electrons. The third kappa shape index (κ3) is 3.03. The maximum absolute atomic E-state index is 10.5. The van der Waals surface area contributed by atoms with E-state index in [1.165, 1.54) is 0 Å². The molecule has 0 fully saturated rings. The van der Waals surface area contributed by atoms with Crippen molar-refractivity contribution in [1.29, 1.82) is 0 Å². The zero-order valence-corrected chi connectivity index (χ0v) is 12.3. The van der Waals surface area contributed by atoms with E-state index in [9.17, 15) is 5.11 Å². The summed E-state index contributed by atoms with van der Waals surface area (Å²) in [6, 6.07) is 10.4. The van der Waals surface area contributed by atoms with Gasteiger partial charge in [-0.15, -0.1) is 0 Å². The highest BCUT2D eigenvalue weighted by Gasteiger charge is 2.17. The Morgan fingerprint density at radius 1 is 0.905 bits per heavy atom. The highest BCUT2D eigenvalue weighted by atomic mass is 16.5. The van der Waals surface area contributed by atoms with Gasteiger partial charge in [-0.25, -0.2) is 0 Å². The number of anilines is 1. The largest absolute Gasteiger partial charge is 0.497 e. The first kappa shape index (κ1) is 15.0. The van der Waals surface area contributed by atoms with Crippen LogP contribution in [0.1, 0.15) is 17.2 Å². The molecule has 2 rings (SSSR count). The molecule has 0 aliphatic heterocycles. The van der Waals surface area contributed by atoms with Gasteiger partial charge in [0, 0.05) is 11.6 Å². The average molecular weight is 289 g/mol. The quantitative estimate of drug-likeness (QED) is 0.827. The highest BCUT2D eigenvalue weighted by molar-refractivity contribution is 5.56. The van der Waals surface area contributed by atoms with E-state index in [4.69, 9.17) is 19.9 Å². The summed E-state index contributed by atoms with van der Waals surface area (Å²) >= 11 is 0. The van der Waals surface area contributed by atoms with Crippen molar-refractivity contribution in [3.8, 4) is 17.2 Å². The van der Waals surface area contributed by atoms with Crippen LogP contribution in [0.5, 0.6) is 17.2 Å². The van der Waals surface area contributed by atoms with Crippen molar-refractivity contribution in [3.63, 3.8) is 0 Å². The van der Waals surface area contributed by atoms with E-state index in [-0.39, 0.29) is 0 Å². The number of ether oxygens (including phenoxy) is 3. The molecular formula is C16H19NO4. The number of aliphatic hydroxyl groups is 1. The maximum atomic E-state index is 10.5. The predicted molar refractivity (Wildman–Crippen MR) is 81.0 cm³/mol. The van der Waals surface area contributed by atoms with Crippen molar-refractivity contribution in [2.75, 3.05) is 27.1 Å². The standard InChI is InChI=1S/C16H19NO4/c1-19-11-5-6-12(15(9-11)21-3)16(18)10-4-7-14(20-2)13(17)8-10/h4-9,16,18H,17H2,1-3H3/t16-/m0/s1. The molecule has 0 amide bonds. The Hall–Kier alpha value is -2.40. The fraction of sp³-hybridized carbons (Fsp3) is 0.250. The summed E-state index contributed by atoms with van der Waals surface area (Å²) in [5, 5.41) is 10.5. The van der Waals surface area contributed by atoms with Gasteiger partial charge in [0.05, 0.1) is 27.0 Å². The molecule has 5 nitrogen and oxygen atoms in total. The van der Waals surface area contributed by atoms with Gasteiger partial charge in [0.25, 0.3) is 0 Å². The molecule has 0 saturated carbocycles. The molecule has 5 heteroatoms. The van der Waals surface area contributed by atoms with Gasteiger partial charge in [-0.1, -0.05) is 6.07 Å². The molecule has 2 aromatic carbocycles. The molecule has 0 aromatic heterocycles. The molecule has 1 atom stereocenters. The van der Waals surface area contributed by atoms with Crippen LogP contribution in [0.2, 0.25) is 0 Å². The lowest BCUT2D eigenvalue weighted by Gasteiger charge is -2.17. The summed E-state index contributed by atoms with van der Waals surface area (Å²) in [5.74, 6) is 1.79. The second kappa shape index (κ2) is 6.37. The Morgan fingerprint density at radius 3 is 2.19 bits per heavy atom. The molecule has 0 spiro atoms. The summed E-state index contributed by atoms with van der Waals surface area (Å²) in [7, 11) is 4.68. The monoisotopic (exact) mass is 289 g/mol. The predicted octanol–water partition coefficient (Wildman–Crippen LogP) is 2.38. The van der Waals surface area contributed by atoms with Gasteiger partial charge < -0.3 is 25.1 Å². The normalized spacial score (nSPS) is 11.8. The minimum absolute atomic E-state index is 0.474. The van der Waals surface area contributed by atoms with Crippen molar-refractivity contribution in [2.24, 2.45) is 0 Å². The fourth-order valence-electron chi connectivity index (χ4n) is 2.15. The molecule has 21 heavy (non-hydrogen) atoms. The van der Waals surface area contributed by atoms with Gasteiger partial charge >= 0.3 is 0 Å². The Labute approximate surface area is 123 Å². The van der Waals surface area contributed by atoms with Crippen molar-refractivity contribution >= 4 is 5.69 Å². The molecule has 0 aliphatic rings. The number of aliphatic hydroxyl groups excluding tert-OH is 1. The second-order valence-electron chi connectivity index (χ2n) is 4.51. The van der Waals surface area contributed by atoms with Crippen LogP contribution in [-0.4, -0.2) is 26.4 Å². The second-order valence-corrected chi connectivity index (χ2v) is 4.51. The number of nitrogen functional groups attached to an aromatic ring is 1. The van der Waals surface area contributed by atoms with Gasteiger partial charge in [0.2, 0.25) is 0 Å². The Balaban J connectivity index is 2.39. The van der Waals surface area contributed by atoms with Gasteiger partial charge in [-0.3, -0.25) is 0 Å². The molecular weight excluding hydrogens is 270 g/mol. The topological polar surface area (TPSA) is 73.9 Å². The van der Waals surface area contributed by atoms with Crippen LogP contribution in [0.25, 0.3) is 0 Å². The van der Waals surface area contributed by atoms with Crippen LogP contribution in [0.15, 0.2) is 36.4 Å². The summed E-state index contributed by atoms with van der Waals surface area (Å²) < 4.78 is 15.6. The minimum Gasteiger partial charge on any atom is -0.497 e. The van der Waals surface area contributed by atoms with Crippen molar-refractivity contribution in [3.05, 3.63) is 47.5 Å². The zero-order chi connectivity index (χ0) is 15.4. The number of hydrogen-bond acceptors (Lipinski definition) is 5. The molecule has 0 unspecified atom stereocenters. The molecule has 0 bridgehead atoms. The SMILES string of the molecule is COc1ccc([C@@H](O)c2ccc(OC)c(N)c2)c(OC)c1. The van der Waals surface area contributed by atoms with Gasteiger partial charge in [0.1, 0.15) is 23.4 Å². The van der Waals surface area contributed by atoms with E-state index in [0.29, 0.717) is 34.1 Å². The van der Waals surface area contributed by atoms with Crippen molar-refractivity contribution < 1.29 is 19.3 Å². The van der Waals surface area contributed by atoms with Crippen molar-refractivity contribution in [1.82, 2.24) is 0 Å². The van der Waals surface area contributed by atoms with E-state index in [1.54, 1.807) is 57.7 Å². The summed E-state index contributed by atoms with van der Waals surface area (Å²) in [5.41, 5.74) is 7.66. The number of nitrogens with two attached hydrogens (primary N) is 1. The first-order valence-electron chi connectivity index (χ1n) is 6.44. The lowest BCUT2D eigenvalue weighted by Crippen LogP contribution is -2.04. The third-order valence-electron chi connectivity index (χ3n) is 3.30. The lowest BCUT2D eigenvalue weighted by molar-refractivity contribution is 0.214. The van der Waals surface area contributed by atoms with Gasteiger partial charge in [-0.05, 0) is 29.8 Å². The van der Waals surface area contributed by atoms with E-state index in [0.717, 1.165) is 0 Å². The Bertz CT molecular complexity index is 628. The van der Waals surface area contributed by atoms with Crippen LogP contribution in [0.4, 0.5) is 5.69 Å². The zero-order valence-electron chi connectivity index (χ0n) is 12.3. The minimum atomic E-state index is -0.848. The molecule has 2 aromatic rings. The molecule has 0 heterocycles. The maximum Gasteiger partial charge on any atom is 0.141 e. The molecule has 0 saturated heterocycles. The summed E-state index contributed by atoms with van der Waals surface area (Å²) in [4.78, 5) is 0. The third-order valence-corrected chi connectivity index (χ3v) is 3.30. The van der Waals surface area contributed by atoms with E-state index < -0.39 is 6.10 Å².